The van der Waals surface area contributed by atoms with Crippen LogP contribution in [0.2, 0.25) is 5.02 Å². The number of anilines is 1. The van der Waals surface area contributed by atoms with Gasteiger partial charge in [0.1, 0.15) is 17.9 Å². The predicted octanol–water partition coefficient (Wildman–Crippen LogP) is 4.91. The first-order valence-electron chi connectivity index (χ1n) is 12.4. The molecule has 2 aliphatic rings. The fourth-order valence-electron chi connectivity index (χ4n) is 4.98. The molecule has 2 aromatic rings. The predicted molar refractivity (Wildman–Crippen MR) is 132 cm³/mol. The Morgan fingerprint density at radius 2 is 1.70 bits per heavy atom. The van der Waals surface area contributed by atoms with Gasteiger partial charge in [0, 0.05) is 30.5 Å². The Labute approximate surface area is 230 Å². The van der Waals surface area contributed by atoms with Crippen LogP contribution >= 0.6 is 11.6 Å². The van der Waals surface area contributed by atoms with Crippen LogP contribution in [0.5, 0.6) is 5.88 Å². The Kier molecular flexibility index (Phi) is 8.12. The summed E-state index contributed by atoms with van der Waals surface area (Å²) in [5.74, 6) is -1.69. The molecule has 0 aromatic carbocycles. The number of nitrogens with zero attached hydrogens (tertiary/aromatic N) is 3. The Bertz CT molecular complexity index is 1240. The van der Waals surface area contributed by atoms with Gasteiger partial charge < -0.3 is 20.3 Å². The highest BCUT2D eigenvalue weighted by atomic mass is 35.5. The Balaban J connectivity index is 1.38. The van der Waals surface area contributed by atoms with Gasteiger partial charge in [-0.2, -0.15) is 26.3 Å². The molecule has 2 N–H and O–H groups in total. The summed E-state index contributed by atoms with van der Waals surface area (Å²) >= 11 is 5.66. The minimum absolute atomic E-state index is 0.00594. The zero-order chi connectivity index (χ0) is 29.5. The molecule has 2 aromatic heterocycles. The van der Waals surface area contributed by atoms with Crippen LogP contribution in [0.25, 0.3) is 0 Å². The zero-order valence-electron chi connectivity index (χ0n) is 21.4. The Hall–Kier alpha value is -3.29. The van der Waals surface area contributed by atoms with Crippen LogP contribution in [0.4, 0.5) is 32.2 Å². The van der Waals surface area contributed by atoms with E-state index >= 15 is 0 Å². The summed E-state index contributed by atoms with van der Waals surface area (Å²) in [6, 6.07) is 3.35. The van der Waals surface area contributed by atoms with Gasteiger partial charge in [0.05, 0.1) is 10.6 Å². The van der Waals surface area contributed by atoms with E-state index < -0.39 is 47.8 Å². The second-order valence-electron chi connectivity index (χ2n) is 10.3. The first kappa shape index (κ1) is 29.7. The molecule has 15 heteroatoms. The second kappa shape index (κ2) is 10.9. The molecule has 2 saturated heterocycles. The van der Waals surface area contributed by atoms with Gasteiger partial charge >= 0.3 is 12.4 Å². The van der Waals surface area contributed by atoms with Crippen LogP contribution in [0.1, 0.15) is 55.5 Å². The highest BCUT2D eigenvalue weighted by molar-refractivity contribution is 6.30. The van der Waals surface area contributed by atoms with E-state index in [4.69, 9.17) is 16.3 Å². The van der Waals surface area contributed by atoms with E-state index in [0.29, 0.717) is 24.7 Å². The molecule has 0 radical (unpaired) electrons. The molecule has 2 amide bonds. The minimum atomic E-state index is -4.79. The number of rotatable bonds is 7. The maximum atomic E-state index is 13.4. The van der Waals surface area contributed by atoms with Crippen molar-refractivity contribution in [2.75, 3.05) is 11.4 Å². The van der Waals surface area contributed by atoms with E-state index in [1.807, 2.05) is 0 Å². The van der Waals surface area contributed by atoms with Crippen molar-refractivity contribution in [2.24, 2.45) is 0 Å². The SMILES string of the molecule is CC(C)(Oc1ncc(Cl)cc1C(F)(F)F)C(=O)NC1CC2CCC(C1)N2c1ccc(C(=O)NCC(F)(F)F)cn1. The van der Waals surface area contributed by atoms with Crippen LogP contribution in [0, 0.1) is 0 Å². The molecule has 0 saturated carbocycles. The van der Waals surface area contributed by atoms with Gasteiger partial charge in [-0.3, -0.25) is 9.59 Å². The maximum Gasteiger partial charge on any atom is 0.421 e. The van der Waals surface area contributed by atoms with Gasteiger partial charge in [0.25, 0.3) is 11.8 Å². The van der Waals surface area contributed by atoms with Crippen LogP contribution in [-0.2, 0) is 11.0 Å². The topological polar surface area (TPSA) is 96.5 Å². The summed E-state index contributed by atoms with van der Waals surface area (Å²) < 4.78 is 82.8. The van der Waals surface area contributed by atoms with Crippen molar-refractivity contribution in [3.63, 3.8) is 0 Å². The number of piperidine rings is 1. The summed E-state index contributed by atoms with van der Waals surface area (Å²) in [6.45, 7) is 1.25. The van der Waals surface area contributed by atoms with E-state index in [-0.39, 0.29) is 28.7 Å². The summed E-state index contributed by atoms with van der Waals surface area (Å²) in [5, 5.41) is 4.46. The molecular formula is C25H26ClF6N5O3. The number of pyridine rings is 2. The van der Waals surface area contributed by atoms with Crippen molar-refractivity contribution in [1.29, 1.82) is 0 Å². The highest BCUT2D eigenvalue weighted by Crippen LogP contribution is 2.40. The summed E-state index contributed by atoms with van der Waals surface area (Å²) in [6.07, 6.45) is -4.43. The standard InChI is InChI=1S/C25H26ClF6N5O3/c1-23(2,40-21-18(25(30,31)32)7-14(26)11-34-21)22(39)36-15-8-16-4-5-17(9-15)37(16)19-6-3-13(10-33-19)20(38)35-12-24(27,28)29/h3,6-7,10-11,15-17H,4-5,8-9,12H2,1-2H3,(H,35,38)(H,36,39). The third kappa shape index (κ3) is 6.88. The number of nitrogens with one attached hydrogen (secondary N) is 2. The summed E-state index contributed by atoms with van der Waals surface area (Å²) in [5.41, 5.74) is -2.88. The molecule has 0 spiro atoms. The average Bonchev–Trinajstić information content (AvgIpc) is 3.12. The molecule has 2 atom stereocenters. The molecule has 8 nitrogen and oxygen atoms in total. The Morgan fingerprint density at radius 3 is 2.25 bits per heavy atom. The lowest BCUT2D eigenvalue weighted by molar-refractivity contribution is -0.144. The molecule has 2 fully saturated rings. The van der Waals surface area contributed by atoms with E-state index in [9.17, 15) is 35.9 Å². The van der Waals surface area contributed by atoms with Crippen LogP contribution in [-0.4, -0.2) is 58.2 Å². The lowest BCUT2D eigenvalue weighted by Crippen LogP contribution is -2.55. The van der Waals surface area contributed by atoms with Crippen molar-refractivity contribution in [3.05, 3.63) is 46.7 Å². The van der Waals surface area contributed by atoms with Crippen molar-refractivity contribution < 1.29 is 40.7 Å². The lowest BCUT2D eigenvalue weighted by Gasteiger charge is -2.40. The van der Waals surface area contributed by atoms with Gasteiger partial charge in [-0.1, -0.05) is 11.6 Å². The van der Waals surface area contributed by atoms with Crippen molar-refractivity contribution in [3.8, 4) is 5.88 Å². The molecule has 0 aliphatic carbocycles. The number of carbonyl (C=O) groups excluding carboxylic acids is 2. The van der Waals surface area contributed by atoms with E-state index in [2.05, 4.69) is 20.2 Å². The number of hydrogen-bond acceptors (Lipinski definition) is 6. The van der Waals surface area contributed by atoms with Crippen molar-refractivity contribution >= 4 is 29.2 Å². The molecule has 218 valence electrons. The third-order valence-electron chi connectivity index (χ3n) is 6.81. The number of halogens is 7. The number of carbonyl (C=O) groups is 2. The number of amides is 2. The minimum Gasteiger partial charge on any atom is -0.461 e. The summed E-state index contributed by atoms with van der Waals surface area (Å²) in [4.78, 5) is 35.0. The average molecular weight is 594 g/mol. The monoisotopic (exact) mass is 593 g/mol. The lowest BCUT2D eigenvalue weighted by atomic mass is 9.96. The largest absolute Gasteiger partial charge is 0.461 e. The zero-order valence-corrected chi connectivity index (χ0v) is 22.1. The number of fused-ring (bicyclic) bond motifs is 2. The van der Waals surface area contributed by atoms with Crippen LogP contribution < -0.4 is 20.3 Å². The van der Waals surface area contributed by atoms with Gasteiger partial charge in [0.2, 0.25) is 5.88 Å². The first-order valence-corrected chi connectivity index (χ1v) is 12.7. The first-order chi connectivity index (χ1) is 18.5. The third-order valence-corrected chi connectivity index (χ3v) is 7.02. The quantitative estimate of drug-likeness (QED) is 0.443. The van der Waals surface area contributed by atoms with Gasteiger partial charge in [-0.15, -0.1) is 0 Å². The van der Waals surface area contributed by atoms with Crippen molar-refractivity contribution in [1.82, 2.24) is 20.6 Å². The normalized spacial score (nSPS) is 21.2. The van der Waals surface area contributed by atoms with Crippen molar-refractivity contribution in [2.45, 2.75) is 75.6 Å². The smallest absolute Gasteiger partial charge is 0.421 e. The van der Waals surface area contributed by atoms with Gasteiger partial charge in [-0.25, -0.2) is 9.97 Å². The molecule has 40 heavy (non-hydrogen) atoms. The Morgan fingerprint density at radius 1 is 1.05 bits per heavy atom. The molecule has 4 heterocycles. The van der Waals surface area contributed by atoms with E-state index in [1.165, 1.54) is 26.1 Å². The summed E-state index contributed by atoms with van der Waals surface area (Å²) in [7, 11) is 0. The van der Waals surface area contributed by atoms with Crippen LogP contribution in [0.3, 0.4) is 0 Å². The van der Waals surface area contributed by atoms with E-state index in [0.717, 1.165) is 19.0 Å². The number of hydrogen-bond donors (Lipinski definition) is 2. The maximum absolute atomic E-state index is 13.4. The fourth-order valence-corrected chi connectivity index (χ4v) is 5.14. The number of aromatic nitrogens is 2. The molecule has 2 aliphatic heterocycles. The number of alkyl halides is 6. The van der Waals surface area contributed by atoms with Gasteiger partial charge in [0.15, 0.2) is 5.60 Å². The molecule has 4 rings (SSSR count). The highest BCUT2D eigenvalue weighted by Gasteiger charge is 2.44. The van der Waals surface area contributed by atoms with Crippen LogP contribution in [0.15, 0.2) is 30.6 Å². The molecule has 2 unspecified atom stereocenters. The van der Waals surface area contributed by atoms with E-state index in [1.54, 1.807) is 11.4 Å². The fraction of sp³-hybridized carbons (Fsp3) is 0.520. The second-order valence-corrected chi connectivity index (χ2v) is 10.7. The molecule has 2 bridgehead atoms. The number of ether oxygens (including phenoxy) is 1. The van der Waals surface area contributed by atoms with Gasteiger partial charge in [-0.05, 0) is 57.7 Å². The molecular weight excluding hydrogens is 568 g/mol.